The van der Waals surface area contributed by atoms with Crippen molar-refractivity contribution in [3.63, 3.8) is 0 Å². The maximum atomic E-state index is 6.21. The monoisotopic (exact) mass is 436 g/mol. The van der Waals surface area contributed by atoms with Crippen molar-refractivity contribution in [3.8, 4) is 5.69 Å². The van der Waals surface area contributed by atoms with Crippen LogP contribution in [-0.2, 0) is 12.0 Å². The number of fused-ring (bicyclic) bond motifs is 11. The lowest BCUT2D eigenvalue weighted by atomic mass is 9.63. The molecule has 1 aromatic heterocycles. The molecule has 34 heavy (non-hydrogen) atoms. The smallest absolute Gasteiger partial charge is 0.0717 e. The van der Waals surface area contributed by atoms with E-state index in [0.717, 1.165) is 12.8 Å². The molecule has 0 amide bonds. The number of hydrogen-bond donors (Lipinski definition) is 1. The highest BCUT2D eigenvalue weighted by atomic mass is 15.0. The second-order valence-corrected chi connectivity index (χ2v) is 9.74. The van der Waals surface area contributed by atoms with Crippen molar-refractivity contribution in [1.29, 1.82) is 0 Å². The first-order valence-electron chi connectivity index (χ1n) is 12.2. The Morgan fingerprint density at radius 1 is 0.794 bits per heavy atom. The standard InChI is InChI=1S/C32H24N2/c33-19-20-16-17-30-28(18-20)32(25-12-4-1-8-21(25)22-9-2-5-13-26(22)32)27-14-7-11-24-23-10-3-6-15-29(23)34(30)31(24)27/h1-4,6-12,14-18H,5,13,19,33H2. The fourth-order valence-corrected chi connectivity index (χ4v) is 7.05. The molecule has 1 atom stereocenters. The maximum absolute atomic E-state index is 6.21. The summed E-state index contributed by atoms with van der Waals surface area (Å²) in [6.45, 7) is 0.542. The molecule has 1 spiro atoms. The van der Waals surface area contributed by atoms with Gasteiger partial charge in [0, 0.05) is 17.3 Å². The van der Waals surface area contributed by atoms with E-state index >= 15 is 0 Å². The summed E-state index contributed by atoms with van der Waals surface area (Å²) < 4.78 is 2.50. The molecule has 1 aliphatic heterocycles. The van der Waals surface area contributed by atoms with E-state index in [0.29, 0.717) is 6.54 Å². The molecule has 2 heterocycles. The van der Waals surface area contributed by atoms with Gasteiger partial charge >= 0.3 is 0 Å². The Bertz CT molecular complexity index is 1750. The Balaban J connectivity index is 1.67. The SMILES string of the molecule is NCc1ccc2c(c1)C1(C3=C(C=CCC3)c3ccccc31)c1cccc3c4ccccc4n-2c13. The molecule has 2 aliphatic carbocycles. The predicted molar refractivity (Wildman–Crippen MR) is 140 cm³/mol. The molecule has 2 nitrogen and oxygen atoms in total. The zero-order chi connectivity index (χ0) is 22.4. The third kappa shape index (κ3) is 1.98. The van der Waals surface area contributed by atoms with Gasteiger partial charge in [0.2, 0.25) is 0 Å². The molecule has 0 radical (unpaired) electrons. The molecule has 0 fully saturated rings. The number of rotatable bonds is 1. The van der Waals surface area contributed by atoms with Crippen molar-refractivity contribution in [3.05, 3.63) is 130 Å². The van der Waals surface area contributed by atoms with E-state index < -0.39 is 0 Å². The average molecular weight is 437 g/mol. The van der Waals surface area contributed by atoms with Crippen LogP contribution in [-0.4, -0.2) is 4.57 Å². The van der Waals surface area contributed by atoms with Crippen LogP contribution in [0.1, 0.15) is 40.7 Å². The normalized spacial score (nSPS) is 19.7. The molecule has 5 aromatic rings. The molecular weight excluding hydrogens is 412 g/mol. The van der Waals surface area contributed by atoms with E-state index in [9.17, 15) is 0 Å². The summed E-state index contributed by atoms with van der Waals surface area (Å²) in [5, 5.41) is 2.65. The summed E-state index contributed by atoms with van der Waals surface area (Å²) in [5.74, 6) is 0. The first-order valence-corrected chi connectivity index (χ1v) is 12.2. The second-order valence-electron chi connectivity index (χ2n) is 9.74. The molecule has 8 rings (SSSR count). The maximum Gasteiger partial charge on any atom is 0.0717 e. The topological polar surface area (TPSA) is 30.9 Å². The Kier molecular flexibility index (Phi) is 3.47. The number of hydrogen-bond acceptors (Lipinski definition) is 1. The van der Waals surface area contributed by atoms with Crippen LogP contribution in [0.4, 0.5) is 0 Å². The third-order valence-corrected chi connectivity index (χ3v) is 8.28. The number of benzene rings is 4. The van der Waals surface area contributed by atoms with Gasteiger partial charge in [-0.2, -0.15) is 0 Å². The van der Waals surface area contributed by atoms with E-state index in [2.05, 4.69) is 102 Å². The first kappa shape index (κ1) is 18.5. The van der Waals surface area contributed by atoms with Gasteiger partial charge in [0.15, 0.2) is 0 Å². The van der Waals surface area contributed by atoms with Crippen LogP contribution in [0.3, 0.4) is 0 Å². The van der Waals surface area contributed by atoms with Gasteiger partial charge in [-0.3, -0.25) is 0 Å². The van der Waals surface area contributed by atoms with Gasteiger partial charge in [-0.25, -0.2) is 0 Å². The molecule has 4 aromatic carbocycles. The largest absolute Gasteiger partial charge is 0.326 e. The number of nitrogens with two attached hydrogens (primary N) is 1. The van der Waals surface area contributed by atoms with Crippen LogP contribution in [0, 0.1) is 0 Å². The lowest BCUT2D eigenvalue weighted by Crippen LogP contribution is -2.35. The molecule has 0 bridgehead atoms. The first-order chi connectivity index (χ1) is 16.8. The van der Waals surface area contributed by atoms with Crippen molar-refractivity contribution in [2.24, 2.45) is 5.73 Å². The lowest BCUT2D eigenvalue weighted by Gasteiger charge is -2.41. The second kappa shape index (κ2) is 6.37. The highest BCUT2D eigenvalue weighted by Gasteiger charge is 2.51. The van der Waals surface area contributed by atoms with Gasteiger partial charge in [0.25, 0.3) is 0 Å². The van der Waals surface area contributed by atoms with Crippen LogP contribution < -0.4 is 5.73 Å². The van der Waals surface area contributed by atoms with Crippen LogP contribution in [0.25, 0.3) is 33.1 Å². The van der Waals surface area contributed by atoms with Crippen molar-refractivity contribution < 1.29 is 0 Å². The molecule has 3 aliphatic rings. The van der Waals surface area contributed by atoms with Crippen molar-refractivity contribution in [2.75, 3.05) is 0 Å². The van der Waals surface area contributed by atoms with Crippen LogP contribution >= 0.6 is 0 Å². The number of allylic oxidation sites excluding steroid dienone is 4. The zero-order valence-electron chi connectivity index (χ0n) is 18.9. The number of nitrogens with zero attached hydrogens (tertiary/aromatic N) is 1. The van der Waals surface area contributed by atoms with Gasteiger partial charge in [0.05, 0.1) is 22.1 Å². The highest BCUT2D eigenvalue weighted by molar-refractivity contribution is 6.12. The molecule has 1 unspecified atom stereocenters. The van der Waals surface area contributed by atoms with Gasteiger partial charge in [-0.05, 0) is 63.9 Å². The van der Waals surface area contributed by atoms with Crippen LogP contribution in [0.5, 0.6) is 0 Å². The number of para-hydroxylation sites is 2. The lowest BCUT2D eigenvalue weighted by molar-refractivity contribution is 0.683. The van der Waals surface area contributed by atoms with Crippen LogP contribution in [0.2, 0.25) is 0 Å². The van der Waals surface area contributed by atoms with E-state index in [-0.39, 0.29) is 5.41 Å². The highest BCUT2D eigenvalue weighted by Crippen LogP contribution is 2.61. The summed E-state index contributed by atoms with van der Waals surface area (Å²) in [5.41, 5.74) is 19.5. The molecule has 2 heteroatoms. The van der Waals surface area contributed by atoms with Gasteiger partial charge in [-0.1, -0.05) is 84.9 Å². The average Bonchev–Trinajstić information content (AvgIpc) is 3.39. The fraction of sp³-hybridized carbons (Fsp3) is 0.125. The zero-order valence-corrected chi connectivity index (χ0v) is 18.9. The summed E-state index contributed by atoms with van der Waals surface area (Å²) in [4.78, 5) is 0. The summed E-state index contributed by atoms with van der Waals surface area (Å²) in [6.07, 6.45) is 6.86. The Labute approximate surface area is 198 Å². The molecular formula is C32H24N2. The minimum Gasteiger partial charge on any atom is -0.326 e. The van der Waals surface area contributed by atoms with Gasteiger partial charge < -0.3 is 10.3 Å². The Morgan fingerprint density at radius 3 is 2.56 bits per heavy atom. The fourth-order valence-electron chi connectivity index (χ4n) is 7.05. The molecule has 0 saturated carbocycles. The van der Waals surface area contributed by atoms with Gasteiger partial charge in [0.1, 0.15) is 0 Å². The minimum absolute atomic E-state index is 0.291. The van der Waals surface area contributed by atoms with E-state index in [1.165, 1.54) is 66.5 Å². The Morgan fingerprint density at radius 2 is 1.62 bits per heavy atom. The van der Waals surface area contributed by atoms with Crippen LogP contribution in [0.15, 0.2) is 103 Å². The van der Waals surface area contributed by atoms with Gasteiger partial charge in [-0.15, -0.1) is 0 Å². The quantitative estimate of drug-likeness (QED) is 0.301. The minimum atomic E-state index is -0.291. The number of aromatic nitrogens is 1. The predicted octanol–water partition coefficient (Wildman–Crippen LogP) is 7.01. The van der Waals surface area contributed by atoms with Crippen molar-refractivity contribution >= 4 is 27.4 Å². The summed E-state index contributed by atoms with van der Waals surface area (Å²) >= 11 is 0. The van der Waals surface area contributed by atoms with E-state index in [1.54, 1.807) is 0 Å². The Hall–Kier alpha value is -3.88. The van der Waals surface area contributed by atoms with E-state index in [1.807, 2.05) is 0 Å². The van der Waals surface area contributed by atoms with E-state index in [4.69, 9.17) is 5.73 Å². The van der Waals surface area contributed by atoms with Crippen molar-refractivity contribution in [2.45, 2.75) is 24.8 Å². The van der Waals surface area contributed by atoms with Crippen molar-refractivity contribution in [1.82, 2.24) is 4.57 Å². The molecule has 0 saturated heterocycles. The molecule has 2 N–H and O–H groups in total. The molecule has 162 valence electrons. The summed E-state index contributed by atoms with van der Waals surface area (Å²) in [7, 11) is 0. The summed E-state index contributed by atoms with van der Waals surface area (Å²) in [6, 6.07) is 31.7. The third-order valence-electron chi connectivity index (χ3n) is 8.28.